The maximum absolute atomic E-state index is 12.4. The van der Waals surface area contributed by atoms with E-state index >= 15 is 0 Å². The molecule has 0 radical (unpaired) electrons. The van der Waals surface area contributed by atoms with Crippen LogP contribution >= 0.6 is 0 Å². The Morgan fingerprint density at radius 1 is 1.19 bits per heavy atom. The molecule has 6 heteroatoms. The van der Waals surface area contributed by atoms with Gasteiger partial charge in [-0.25, -0.2) is 8.42 Å². The smallest absolute Gasteiger partial charge is 0.261 e. The number of para-hydroxylation sites is 1. The average molecular weight is 306 g/mol. The summed E-state index contributed by atoms with van der Waals surface area (Å²) >= 11 is 0. The van der Waals surface area contributed by atoms with Crippen LogP contribution in [0, 0.1) is 0 Å². The molecule has 0 fully saturated rings. The molecule has 2 rings (SSSR count). The Bertz CT molecular complexity index is 742. The highest BCUT2D eigenvalue weighted by molar-refractivity contribution is 7.92. The summed E-state index contributed by atoms with van der Waals surface area (Å²) in [7, 11) is -3.73. The lowest BCUT2D eigenvalue weighted by atomic mass is 10.1. The van der Waals surface area contributed by atoms with Crippen LogP contribution in [0.2, 0.25) is 0 Å². The van der Waals surface area contributed by atoms with Crippen LogP contribution in [0.25, 0.3) is 0 Å². The molecule has 0 saturated carbocycles. The van der Waals surface area contributed by atoms with Gasteiger partial charge in [0.15, 0.2) is 0 Å². The molecule has 0 saturated heterocycles. The highest BCUT2D eigenvalue weighted by Crippen LogP contribution is 2.26. The van der Waals surface area contributed by atoms with Crippen molar-refractivity contribution in [3.8, 4) is 5.75 Å². The first-order valence-electron chi connectivity index (χ1n) is 6.63. The predicted octanol–water partition coefficient (Wildman–Crippen LogP) is 2.73. The normalized spacial score (nSPS) is 11.3. The van der Waals surface area contributed by atoms with Gasteiger partial charge in [-0.2, -0.15) is 0 Å². The summed E-state index contributed by atoms with van der Waals surface area (Å²) in [5, 5.41) is 9.37. The van der Waals surface area contributed by atoms with Crippen LogP contribution in [0.1, 0.15) is 18.9 Å². The summed E-state index contributed by atoms with van der Waals surface area (Å²) in [5.74, 6) is -0.139. The maximum Gasteiger partial charge on any atom is 0.261 e. The first-order valence-corrected chi connectivity index (χ1v) is 8.11. The SMILES string of the molecule is CCCc1ccccc1NS(=O)(=O)c1ccc(O)c(N)c1. The van der Waals surface area contributed by atoms with E-state index in [1.807, 2.05) is 19.1 Å². The van der Waals surface area contributed by atoms with Gasteiger partial charge in [0.25, 0.3) is 10.0 Å². The zero-order chi connectivity index (χ0) is 15.5. The van der Waals surface area contributed by atoms with Gasteiger partial charge in [0, 0.05) is 0 Å². The number of sulfonamides is 1. The maximum atomic E-state index is 12.4. The zero-order valence-corrected chi connectivity index (χ0v) is 12.5. The van der Waals surface area contributed by atoms with Crippen LogP contribution in [0.4, 0.5) is 11.4 Å². The summed E-state index contributed by atoms with van der Waals surface area (Å²) in [4.78, 5) is 0.0177. The van der Waals surface area contributed by atoms with Crippen LogP contribution in [-0.4, -0.2) is 13.5 Å². The average Bonchev–Trinajstić information content (AvgIpc) is 2.44. The van der Waals surface area contributed by atoms with Gasteiger partial charge >= 0.3 is 0 Å². The van der Waals surface area contributed by atoms with Gasteiger partial charge < -0.3 is 10.8 Å². The Morgan fingerprint density at radius 2 is 1.90 bits per heavy atom. The lowest BCUT2D eigenvalue weighted by Crippen LogP contribution is -2.14. The lowest BCUT2D eigenvalue weighted by Gasteiger charge is -2.12. The topological polar surface area (TPSA) is 92.4 Å². The third kappa shape index (κ3) is 3.46. The molecule has 0 aliphatic heterocycles. The van der Waals surface area contributed by atoms with E-state index in [2.05, 4.69) is 4.72 Å². The highest BCUT2D eigenvalue weighted by atomic mass is 32.2. The molecule has 0 aliphatic carbocycles. The van der Waals surface area contributed by atoms with E-state index in [-0.39, 0.29) is 16.3 Å². The number of aromatic hydroxyl groups is 1. The fourth-order valence-corrected chi connectivity index (χ4v) is 3.15. The third-order valence-corrected chi connectivity index (χ3v) is 4.45. The van der Waals surface area contributed by atoms with E-state index in [0.717, 1.165) is 18.4 Å². The standard InChI is InChI=1S/C15H18N2O3S/c1-2-5-11-6-3-4-7-14(11)17-21(19,20)12-8-9-15(18)13(16)10-12/h3-4,6-10,17-18H,2,5,16H2,1H3. The number of aryl methyl sites for hydroxylation is 1. The molecule has 0 amide bonds. The Balaban J connectivity index is 2.35. The molecule has 0 spiro atoms. The Kier molecular flexibility index (Phi) is 4.37. The van der Waals surface area contributed by atoms with Crippen molar-refractivity contribution in [2.24, 2.45) is 0 Å². The van der Waals surface area contributed by atoms with Gasteiger partial charge in [-0.1, -0.05) is 31.5 Å². The molecule has 0 atom stereocenters. The molecule has 0 bridgehead atoms. The molecule has 2 aromatic rings. The molecule has 112 valence electrons. The number of nitrogen functional groups attached to an aromatic ring is 1. The number of hydrogen-bond donors (Lipinski definition) is 3. The van der Waals surface area contributed by atoms with Gasteiger partial charge in [-0.15, -0.1) is 0 Å². The summed E-state index contributed by atoms with van der Waals surface area (Å²) in [5.41, 5.74) is 7.07. The van der Waals surface area contributed by atoms with Crippen molar-refractivity contribution in [2.45, 2.75) is 24.7 Å². The van der Waals surface area contributed by atoms with Crippen LogP contribution < -0.4 is 10.5 Å². The molecule has 0 aliphatic rings. The molecular weight excluding hydrogens is 288 g/mol. The fraction of sp³-hybridized carbons (Fsp3) is 0.200. The van der Waals surface area contributed by atoms with Crippen molar-refractivity contribution in [1.29, 1.82) is 0 Å². The molecule has 2 aromatic carbocycles. The van der Waals surface area contributed by atoms with E-state index in [1.165, 1.54) is 18.2 Å². The quantitative estimate of drug-likeness (QED) is 0.585. The van der Waals surface area contributed by atoms with Crippen molar-refractivity contribution in [1.82, 2.24) is 0 Å². The van der Waals surface area contributed by atoms with Gasteiger partial charge in [0.2, 0.25) is 0 Å². The monoisotopic (exact) mass is 306 g/mol. The van der Waals surface area contributed by atoms with E-state index in [9.17, 15) is 13.5 Å². The second-order valence-corrected chi connectivity index (χ2v) is 6.42. The molecule has 21 heavy (non-hydrogen) atoms. The number of nitrogens with two attached hydrogens (primary N) is 1. The van der Waals surface area contributed by atoms with E-state index in [4.69, 9.17) is 5.73 Å². The molecule has 0 heterocycles. The van der Waals surface area contributed by atoms with Crippen LogP contribution in [0.5, 0.6) is 5.75 Å². The predicted molar refractivity (Wildman–Crippen MR) is 83.8 cm³/mol. The molecule has 4 N–H and O–H groups in total. The van der Waals surface area contributed by atoms with Crippen molar-refractivity contribution >= 4 is 21.4 Å². The Labute approximate surface area is 124 Å². The summed E-state index contributed by atoms with van der Waals surface area (Å²) < 4.78 is 27.3. The van der Waals surface area contributed by atoms with E-state index in [1.54, 1.807) is 12.1 Å². The molecule has 5 nitrogen and oxygen atoms in total. The highest BCUT2D eigenvalue weighted by Gasteiger charge is 2.16. The van der Waals surface area contributed by atoms with Crippen molar-refractivity contribution in [3.05, 3.63) is 48.0 Å². The number of rotatable bonds is 5. The van der Waals surface area contributed by atoms with Crippen LogP contribution in [0.3, 0.4) is 0 Å². The van der Waals surface area contributed by atoms with Gasteiger partial charge in [-0.3, -0.25) is 4.72 Å². The Morgan fingerprint density at radius 3 is 2.57 bits per heavy atom. The third-order valence-electron chi connectivity index (χ3n) is 3.09. The minimum atomic E-state index is -3.73. The summed E-state index contributed by atoms with van der Waals surface area (Å²) in [6, 6.07) is 11.1. The minimum Gasteiger partial charge on any atom is -0.506 e. The number of benzene rings is 2. The second kappa shape index (κ2) is 6.05. The largest absolute Gasteiger partial charge is 0.506 e. The minimum absolute atomic E-state index is 0.0177. The first-order chi connectivity index (χ1) is 9.94. The summed E-state index contributed by atoms with van der Waals surface area (Å²) in [6.45, 7) is 2.03. The van der Waals surface area contributed by atoms with Crippen LogP contribution in [0.15, 0.2) is 47.4 Å². The number of phenolic OH excluding ortho intramolecular Hbond substituents is 1. The number of nitrogens with one attached hydrogen (secondary N) is 1. The first kappa shape index (κ1) is 15.2. The molecule has 0 aromatic heterocycles. The van der Waals surface area contributed by atoms with Crippen molar-refractivity contribution in [2.75, 3.05) is 10.5 Å². The van der Waals surface area contributed by atoms with E-state index in [0.29, 0.717) is 5.69 Å². The molecular formula is C15H18N2O3S. The Hall–Kier alpha value is -2.21. The molecule has 0 unspecified atom stereocenters. The van der Waals surface area contributed by atoms with Gasteiger partial charge in [0.1, 0.15) is 5.75 Å². The number of phenols is 1. The second-order valence-electron chi connectivity index (χ2n) is 4.73. The number of hydrogen-bond acceptors (Lipinski definition) is 4. The lowest BCUT2D eigenvalue weighted by molar-refractivity contribution is 0.477. The fourth-order valence-electron chi connectivity index (χ4n) is 2.01. The zero-order valence-electron chi connectivity index (χ0n) is 11.7. The van der Waals surface area contributed by atoms with Gasteiger partial charge in [-0.05, 0) is 36.2 Å². The number of anilines is 2. The summed E-state index contributed by atoms with van der Waals surface area (Å²) in [6.07, 6.45) is 1.71. The van der Waals surface area contributed by atoms with Crippen LogP contribution in [-0.2, 0) is 16.4 Å². The van der Waals surface area contributed by atoms with E-state index < -0.39 is 10.0 Å². The van der Waals surface area contributed by atoms with Crippen molar-refractivity contribution < 1.29 is 13.5 Å². The van der Waals surface area contributed by atoms with Gasteiger partial charge in [0.05, 0.1) is 16.3 Å². The van der Waals surface area contributed by atoms with Crippen molar-refractivity contribution in [3.63, 3.8) is 0 Å².